The predicted octanol–water partition coefficient (Wildman–Crippen LogP) is 4.03. The number of nitrogen functional groups attached to an aromatic ring is 1. The van der Waals surface area contributed by atoms with Gasteiger partial charge in [-0.2, -0.15) is 0 Å². The molecule has 0 saturated carbocycles. The number of pyridine rings is 1. The van der Waals surface area contributed by atoms with Crippen molar-refractivity contribution in [2.75, 3.05) is 5.73 Å². The second kappa shape index (κ2) is 4.86. The molecule has 0 aliphatic carbocycles. The molecule has 0 fully saturated rings. The van der Waals surface area contributed by atoms with E-state index in [9.17, 15) is 0 Å². The van der Waals surface area contributed by atoms with Gasteiger partial charge in [0.15, 0.2) is 0 Å². The Kier molecular flexibility index (Phi) is 3.43. The summed E-state index contributed by atoms with van der Waals surface area (Å²) >= 11 is 5.99. The van der Waals surface area contributed by atoms with Gasteiger partial charge >= 0.3 is 0 Å². The molecule has 4 heteroatoms. The topological polar surface area (TPSA) is 48.1 Å². The van der Waals surface area contributed by atoms with Gasteiger partial charge in [0.2, 0.25) is 5.88 Å². The number of nitrogens with zero attached hydrogens (tertiary/aromatic N) is 1. The highest BCUT2D eigenvalue weighted by Crippen LogP contribution is 2.32. The van der Waals surface area contributed by atoms with Gasteiger partial charge in [-0.05, 0) is 56.2 Å². The van der Waals surface area contributed by atoms with E-state index in [4.69, 9.17) is 22.1 Å². The predicted molar refractivity (Wildman–Crippen MR) is 74.4 cm³/mol. The first kappa shape index (κ1) is 12.7. The average Bonchev–Trinajstić information content (AvgIpc) is 2.28. The van der Waals surface area contributed by atoms with E-state index in [1.54, 1.807) is 6.07 Å². The summed E-state index contributed by atoms with van der Waals surface area (Å²) in [4.78, 5) is 4.29. The Hall–Kier alpha value is -1.74. The van der Waals surface area contributed by atoms with Gasteiger partial charge in [0, 0.05) is 10.7 Å². The Morgan fingerprint density at radius 2 is 1.72 bits per heavy atom. The van der Waals surface area contributed by atoms with Crippen LogP contribution in [0.15, 0.2) is 24.3 Å². The lowest BCUT2D eigenvalue weighted by atomic mass is 10.1. The maximum Gasteiger partial charge on any atom is 0.242 e. The first-order chi connectivity index (χ1) is 8.47. The molecule has 1 aromatic heterocycles. The summed E-state index contributed by atoms with van der Waals surface area (Å²) in [5.41, 5.74) is 9.16. The number of nitrogens with two attached hydrogens (primary N) is 1. The quantitative estimate of drug-likeness (QED) is 0.889. The van der Waals surface area contributed by atoms with E-state index in [1.807, 2.05) is 39.0 Å². The van der Waals surface area contributed by atoms with Gasteiger partial charge in [0.25, 0.3) is 0 Å². The van der Waals surface area contributed by atoms with Crippen LogP contribution in [0.3, 0.4) is 0 Å². The molecule has 0 unspecified atom stereocenters. The highest BCUT2D eigenvalue weighted by atomic mass is 35.5. The Labute approximate surface area is 112 Å². The van der Waals surface area contributed by atoms with Crippen LogP contribution in [0.2, 0.25) is 5.02 Å². The second-order valence-corrected chi connectivity index (χ2v) is 4.75. The Morgan fingerprint density at radius 3 is 2.33 bits per heavy atom. The standard InChI is InChI=1S/C14H15ClN2O/c1-8-6-11(15)7-9(2)13(8)18-14-12(16)5-4-10(3)17-14/h4-7H,16H2,1-3H3. The van der Waals surface area contributed by atoms with Gasteiger partial charge in [-0.15, -0.1) is 0 Å². The van der Waals surface area contributed by atoms with Crippen LogP contribution < -0.4 is 10.5 Å². The lowest BCUT2D eigenvalue weighted by Crippen LogP contribution is -1.98. The van der Waals surface area contributed by atoms with Crippen LogP contribution in [0, 0.1) is 20.8 Å². The van der Waals surface area contributed by atoms with Crippen molar-refractivity contribution >= 4 is 17.3 Å². The van der Waals surface area contributed by atoms with Crippen molar-refractivity contribution in [3.05, 3.63) is 46.1 Å². The van der Waals surface area contributed by atoms with Crippen LogP contribution >= 0.6 is 11.6 Å². The van der Waals surface area contributed by atoms with Crippen molar-refractivity contribution in [2.24, 2.45) is 0 Å². The van der Waals surface area contributed by atoms with Crippen molar-refractivity contribution in [2.45, 2.75) is 20.8 Å². The van der Waals surface area contributed by atoms with Crippen LogP contribution in [0.25, 0.3) is 0 Å². The second-order valence-electron chi connectivity index (χ2n) is 4.32. The van der Waals surface area contributed by atoms with Crippen molar-refractivity contribution in [1.29, 1.82) is 0 Å². The minimum atomic E-state index is 0.434. The van der Waals surface area contributed by atoms with Gasteiger partial charge < -0.3 is 10.5 Å². The number of rotatable bonds is 2. The minimum Gasteiger partial charge on any atom is -0.437 e. The summed E-state index contributed by atoms with van der Waals surface area (Å²) in [6.07, 6.45) is 0. The highest BCUT2D eigenvalue weighted by molar-refractivity contribution is 6.30. The Morgan fingerprint density at radius 1 is 1.11 bits per heavy atom. The highest BCUT2D eigenvalue weighted by Gasteiger charge is 2.10. The molecule has 18 heavy (non-hydrogen) atoms. The summed E-state index contributed by atoms with van der Waals surface area (Å²) in [5, 5.41) is 0.697. The summed E-state index contributed by atoms with van der Waals surface area (Å²) in [7, 11) is 0. The average molecular weight is 263 g/mol. The van der Waals surface area contributed by atoms with E-state index in [1.165, 1.54) is 0 Å². The molecule has 0 radical (unpaired) electrons. The molecule has 0 bridgehead atoms. The maximum atomic E-state index is 5.99. The Balaban J connectivity index is 2.43. The number of halogens is 1. The molecular formula is C14H15ClN2O. The van der Waals surface area contributed by atoms with E-state index in [0.717, 1.165) is 22.6 Å². The minimum absolute atomic E-state index is 0.434. The van der Waals surface area contributed by atoms with Crippen LogP contribution in [-0.4, -0.2) is 4.98 Å². The molecule has 0 amide bonds. The first-order valence-electron chi connectivity index (χ1n) is 5.65. The number of ether oxygens (including phenoxy) is 1. The molecule has 0 spiro atoms. The van der Waals surface area contributed by atoms with Crippen molar-refractivity contribution < 1.29 is 4.74 Å². The van der Waals surface area contributed by atoms with Crippen molar-refractivity contribution in [1.82, 2.24) is 4.98 Å². The zero-order valence-corrected chi connectivity index (χ0v) is 11.4. The fourth-order valence-electron chi connectivity index (χ4n) is 1.78. The van der Waals surface area contributed by atoms with Gasteiger partial charge in [-0.1, -0.05) is 11.6 Å². The molecule has 1 aromatic carbocycles. The van der Waals surface area contributed by atoms with Crippen LogP contribution in [0.1, 0.15) is 16.8 Å². The monoisotopic (exact) mass is 262 g/mol. The van der Waals surface area contributed by atoms with Crippen molar-refractivity contribution in [3.8, 4) is 11.6 Å². The van der Waals surface area contributed by atoms with Gasteiger partial charge in [0.05, 0.1) is 5.69 Å². The van der Waals surface area contributed by atoms with Gasteiger partial charge in [0.1, 0.15) is 5.75 Å². The number of hydrogen-bond acceptors (Lipinski definition) is 3. The number of hydrogen-bond donors (Lipinski definition) is 1. The fourth-order valence-corrected chi connectivity index (χ4v) is 2.11. The van der Waals surface area contributed by atoms with E-state index in [-0.39, 0.29) is 0 Å². The van der Waals surface area contributed by atoms with Gasteiger partial charge in [-0.3, -0.25) is 0 Å². The SMILES string of the molecule is Cc1ccc(N)c(Oc2c(C)cc(Cl)cc2C)n1. The van der Waals surface area contributed by atoms with E-state index in [2.05, 4.69) is 4.98 Å². The van der Waals surface area contributed by atoms with Crippen LogP contribution in [-0.2, 0) is 0 Å². The van der Waals surface area contributed by atoms with E-state index < -0.39 is 0 Å². The van der Waals surface area contributed by atoms with E-state index >= 15 is 0 Å². The first-order valence-corrected chi connectivity index (χ1v) is 6.03. The molecule has 2 rings (SSSR count). The third-order valence-corrected chi connectivity index (χ3v) is 2.87. The molecule has 94 valence electrons. The molecule has 2 aromatic rings. The normalized spacial score (nSPS) is 10.4. The molecule has 2 N–H and O–H groups in total. The third-order valence-electron chi connectivity index (χ3n) is 2.65. The molecule has 0 aliphatic heterocycles. The zero-order valence-electron chi connectivity index (χ0n) is 10.6. The number of aryl methyl sites for hydroxylation is 3. The van der Waals surface area contributed by atoms with Gasteiger partial charge in [-0.25, -0.2) is 4.98 Å². The molecule has 1 heterocycles. The van der Waals surface area contributed by atoms with Crippen LogP contribution in [0.4, 0.5) is 5.69 Å². The summed E-state index contributed by atoms with van der Waals surface area (Å²) in [6.45, 7) is 5.79. The molecule has 0 atom stereocenters. The molecule has 3 nitrogen and oxygen atoms in total. The third kappa shape index (κ3) is 2.57. The maximum absolute atomic E-state index is 5.99. The Bertz CT molecular complexity index is 573. The largest absolute Gasteiger partial charge is 0.437 e. The van der Waals surface area contributed by atoms with Crippen molar-refractivity contribution in [3.63, 3.8) is 0 Å². The zero-order chi connectivity index (χ0) is 13.3. The summed E-state index contributed by atoms with van der Waals surface area (Å²) < 4.78 is 5.81. The number of benzene rings is 1. The number of aromatic nitrogens is 1. The van der Waals surface area contributed by atoms with E-state index in [0.29, 0.717) is 16.6 Å². The lowest BCUT2D eigenvalue weighted by molar-refractivity contribution is 0.457. The fraction of sp³-hybridized carbons (Fsp3) is 0.214. The molecule has 0 aliphatic rings. The summed E-state index contributed by atoms with van der Waals surface area (Å²) in [5.74, 6) is 1.19. The van der Waals surface area contributed by atoms with Crippen LogP contribution in [0.5, 0.6) is 11.6 Å². The summed E-state index contributed by atoms with van der Waals surface area (Å²) in [6, 6.07) is 7.35. The lowest BCUT2D eigenvalue weighted by Gasteiger charge is -2.13. The smallest absolute Gasteiger partial charge is 0.242 e. The number of anilines is 1. The molecular weight excluding hydrogens is 248 g/mol. The molecule has 0 saturated heterocycles.